The van der Waals surface area contributed by atoms with Crippen LogP contribution < -0.4 is 15.4 Å². The van der Waals surface area contributed by atoms with E-state index in [2.05, 4.69) is 27.5 Å². The summed E-state index contributed by atoms with van der Waals surface area (Å²) in [5.41, 5.74) is 1.06. The third kappa shape index (κ3) is 5.79. The SMILES string of the molecule is CCNC(=NCc1ccc(OC2CCCC2)nc1)NCCc1ccco1. The van der Waals surface area contributed by atoms with Crippen molar-refractivity contribution in [3.05, 3.63) is 48.0 Å². The van der Waals surface area contributed by atoms with E-state index in [1.807, 2.05) is 30.5 Å². The van der Waals surface area contributed by atoms with Crippen LogP contribution in [0.3, 0.4) is 0 Å². The smallest absolute Gasteiger partial charge is 0.213 e. The summed E-state index contributed by atoms with van der Waals surface area (Å²) in [5, 5.41) is 6.58. The first-order valence-corrected chi connectivity index (χ1v) is 9.49. The van der Waals surface area contributed by atoms with Crippen LogP contribution in [0, 0.1) is 0 Å². The highest BCUT2D eigenvalue weighted by Crippen LogP contribution is 2.22. The molecule has 3 rings (SSSR count). The van der Waals surface area contributed by atoms with Crippen molar-refractivity contribution in [1.82, 2.24) is 15.6 Å². The first kappa shape index (κ1) is 18.3. The van der Waals surface area contributed by atoms with E-state index in [-0.39, 0.29) is 0 Å². The molecule has 2 aromatic rings. The van der Waals surface area contributed by atoms with Crippen LogP contribution in [0.1, 0.15) is 43.9 Å². The first-order valence-electron chi connectivity index (χ1n) is 9.49. The fourth-order valence-corrected chi connectivity index (χ4v) is 3.02. The lowest BCUT2D eigenvalue weighted by atomic mass is 10.3. The molecule has 140 valence electrons. The molecule has 0 aliphatic heterocycles. The fraction of sp³-hybridized carbons (Fsp3) is 0.500. The van der Waals surface area contributed by atoms with Crippen molar-refractivity contribution >= 4 is 5.96 Å². The van der Waals surface area contributed by atoms with Gasteiger partial charge in [-0.1, -0.05) is 6.07 Å². The summed E-state index contributed by atoms with van der Waals surface area (Å²) >= 11 is 0. The van der Waals surface area contributed by atoms with Gasteiger partial charge in [0.05, 0.1) is 12.8 Å². The Bertz CT molecular complexity index is 662. The summed E-state index contributed by atoms with van der Waals surface area (Å²) in [6.45, 7) is 4.22. The average molecular weight is 356 g/mol. The predicted octanol–water partition coefficient (Wildman–Crippen LogP) is 3.29. The molecule has 0 spiro atoms. The molecule has 0 unspecified atom stereocenters. The molecule has 2 heterocycles. The van der Waals surface area contributed by atoms with Gasteiger partial charge in [0.15, 0.2) is 5.96 Å². The molecule has 0 amide bonds. The molecule has 0 bridgehead atoms. The number of nitrogens with one attached hydrogen (secondary N) is 2. The van der Waals surface area contributed by atoms with Crippen LogP contribution in [0.5, 0.6) is 5.88 Å². The van der Waals surface area contributed by atoms with Crippen LogP contribution in [-0.4, -0.2) is 30.1 Å². The Hall–Kier alpha value is -2.50. The Kier molecular flexibility index (Phi) is 6.93. The van der Waals surface area contributed by atoms with Crippen LogP contribution in [0.4, 0.5) is 0 Å². The molecule has 2 aromatic heterocycles. The molecule has 1 saturated carbocycles. The second-order valence-corrected chi connectivity index (χ2v) is 6.48. The van der Waals surface area contributed by atoms with E-state index in [1.54, 1.807) is 6.26 Å². The lowest BCUT2D eigenvalue weighted by Gasteiger charge is -2.12. The highest BCUT2D eigenvalue weighted by atomic mass is 16.5. The fourth-order valence-electron chi connectivity index (χ4n) is 3.02. The number of rotatable bonds is 8. The third-order valence-corrected chi connectivity index (χ3v) is 4.40. The van der Waals surface area contributed by atoms with E-state index in [0.29, 0.717) is 18.5 Å². The lowest BCUT2D eigenvalue weighted by Crippen LogP contribution is -2.38. The zero-order valence-electron chi connectivity index (χ0n) is 15.4. The van der Waals surface area contributed by atoms with Gasteiger partial charge in [-0.05, 0) is 50.3 Å². The molecule has 2 N–H and O–H groups in total. The number of nitrogens with zero attached hydrogens (tertiary/aromatic N) is 2. The Balaban J connectivity index is 1.47. The minimum atomic E-state index is 0.338. The molecule has 26 heavy (non-hydrogen) atoms. The Morgan fingerprint density at radius 2 is 2.15 bits per heavy atom. The summed E-state index contributed by atoms with van der Waals surface area (Å²) in [7, 11) is 0. The largest absolute Gasteiger partial charge is 0.474 e. The van der Waals surface area contributed by atoms with Crippen LogP contribution >= 0.6 is 0 Å². The molecule has 6 nitrogen and oxygen atoms in total. The van der Waals surface area contributed by atoms with Gasteiger partial charge in [0.25, 0.3) is 0 Å². The summed E-state index contributed by atoms with van der Waals surface area (Å²) in [6, 6.07) is 7.86. The maximum atomic E-state index is 5.90. The first-order chi connectivity index (χ1) is 12.8. The number of aromatic nitrogens is 1. The van der Waals surface area contributed by atoms with Crippen molar-refractivity contribution in [3.8, 4) is 5.88 Å². The van der Waals surface area contributed by atoms with Crippen molar-refractivity contribution < 1.29 is 9.15 Å². The maximum absolute atomic E-state index is 5.90. The highest BCUT2D eigenvalue weighted by molar-refractivity contribution is 5.79. The molecule has 0 aromatic carbocycles. The van der Waals surface area contributed by atoms with E-state index in [0.717, 1.165) is 49.6 Å². The topological polar surface area (TPSA) is 71.7 Å². The molecule has 1 fully saturated rings. The van der Waals surface area contributed by atoms with Gasteiger partial charge in [0.2, 0.25) is 5.88 Å². The summed E-state index contributed by atoms with van der Waals surface area (Å²) in [6.07, 6.45) is 9.51. The van der Waals surface area contributed by atoms with Crippen molar-refractivity contribution in [3.63, 3.8) is 0 Å². The van der Waals surface area contributed by atoms with E-state index in [4.69, 9.17) is 9.15 Å². The number of furan rings is 1. The maximum Gasteiger partial charge on any atom is 0.213 e. The molecular formula is C20H28N4O2. The molecule has 6 heteroatoms. The minimum absolute atomic E-state index is 0.338. The predicted molar refractivity (Wildman–Crippen MR) is 102 cm³/mol. The standard InChI is InChI=1S/C20H28N4O2/c1-2-21-20(22-12-11-17-8-5-13-25-17)24-15-16-9-10-19(23-14-16)26-18-6-3-4-7-18/h5,8-10,13-14,18H,2-4,6-7,11-12,15H2,1H3,(H2,21,22,24). The number of hydrogen-bond donors (Lipinski definition) is 2. The molecule has 0 radical (unpaired) electrons. The van der Waals surface area contributed by atoms with Gasteiger partial charge in [-0.2, -0.15) is 0 Å². The Morgan fingerprint density at radius 1 is 1.27 bits per heavy atom. The van der Waals surface area contributed by atoms with E-state index in [9.17, 15) is 0 Å². The van der Waals surface area contributed by atoms with Gasteiger partial charge in [-0.3, -0.25) is 0 Å². The molecule has 1 aliphatic carbocycles. The van der Waals surface area contributed by atoms with Crippen LogP contribution in [-0.2, 0) is 13.0 Å². The molecule has 0 saturated heterocycles. The molecule has 0 atom stereocenters. The number of pyridine rings is 1. The van der Waals surface area contributed by atoms with Crippen LogP contribution in [0.15, 0.2) is 46.1 Å². The second-order valence-electron chi connectivity index (χ2n) is 6.48. The zero-order valence-corrected chi connectivity index (χ0v) is 15.4. The number of hydrogen-bond acceptors (Lipinski definition) is 4. The van der Waals surface area contributed by atoms with Crippen LogP contribution in [0.25, 0.3) is 0 Å². The van der Waals surface area contributed by atoms with Crippen molar-refractivity contribution in [2.75, 3.05) is 13.1 Å². The molecular weight excluding hydrogens is 328 g/mol. The zero-order chi connectivity index (χ0) is 18.0. The quantitative estimate of drug-likeness (QED) is 0.561. The molecule has 1 aliphatic rings. The monoisotopic (exact) mass is 356 g/mol. The summed E-state index contributed by atoms with van der Waals surface area (Å²) < 4.78 is 11.2. The van der Waals surface area contributed by atoms with Crippen LogP contribution in [0.2, 0.25) is 0 Å². The van der Waals surface area contributed by atoms with Gasteiger partial charge >= 0.3 is 0 Å². The van der Waals surface area contributed by atoms with Gasteiger partial charge < -0.3 is 19.8 Å². The van der Waals surface area contributed by atoms with Gasteiger partial charge in [-0.15, -0.1) is 0 Å². The van der Waals surface area contributed by atoms with Gasteiger partial charge in [0.1, 0.15) is 11.9 Å². The second kappa shape index (κ2) is 9.85. The third-order valence-electron chi connectivity index (χ3n) is 4.40. The van der Waals surface area contributed by atoms with Crippen molar-refractivity contribution in [2.24, 2.45) is 4.99 Å². The Labute approximate surface area is 155 Å². The number of aliphatic imine (C=N–C) groups is 1. The van der Waals surface area contributed by atoms with E-state index < -0.39 is 0 Å². The van der Waals surface area contributed by atoms with Gasteiger partial charge in [-0.25, -0.2) is 9.98 Å². The number of ether oxygens (including phenoxy) is 1. The van der Waals surface area contributed by atoms with E-state index in [1.165, 1.54) is 12.8 Å². The number of guanidine groups is 1. The normalized spacial score (nSPS) is 15.2. The highest BCUT2D eigenvalue weighted by Gasteiger charge is 2.16. The van der Waals surface area contributed by atoms with Crippen molar-refractivity contribution in [2.45, 2.75) is 51.7 Å². The summed E-state index contributed by atoms with van der Waals surface area (Å²) in [4.78, 5) is 9.04. The van der Waals surface area contributed by atoms with Crippen molar-refractivity contribution in [1.29, 1.82) is 0 Å². The lowest BCUT2D eigenvalue weighted by molar-refractivity contribution is 0.201. The summed E-state index contributed by atoms with van der Waals surface area (Å²) in [5.74, 6) is 2.48. The van der Waals surface area contributed by atoms with E-state index >= 15 is 0 Å². The van der Waals surface area contributed by atoms with Gasteiger partial charge in [0, 0.05) is 31.8 Å². The average Bonchev–Trinajstić information content (AvgIpc) is 3.35. The Morgan fingerprint density at radius 3 is 2.85 bits per heavy atom. The minimum Gasteiger partial charge on any atom is -0.474 e.